The second-order valence-electron chi connectivity index (χ2n) is 10.5. The number of amides is 2. The van der Waals surface area contributed by atoms with E-state index in [1.54, 1.807) is 30.3 Å². The van der Waals surface area contributed by atoms with Gasteiger partial charge in [-0.15, -0.1) is 0 Å². The molecule has 0 aliphatic carbocycles. The molecule has 0 unspecified atom stereocenters. The zero-order valence-corrected chi connectivity index (χ0v) is 24.6. The summed E-state index contributed by atoms with van der Waals surface area (Å²) in [6.07, 6.45) is 0.545. The molecule has 0 radical (unpaired) electrons. The molecule has 0 fully saturated rings. The third kappa shape index (κ3) is 7.48. The third-order valence-corrected chi connectivity index (χ3v) is 7.31. The summed E-state index contributed by atoms with van der Waals surface area (Å²) in [6, 6.07) is 17.9. The van der Waals surface area contributed by atoms with Crippen molar-refractivity contribution < 1.29 is 23.6 Å². The van der Waals surface area contributed by atoms with Gasteiger partial charge in [0.25, 0.3) is 5.91 Å². The number of Topliss-reactive ketones (excluding diaryl/α,β-unsaturated/α-hetero) is 1. The van der Waals surface area contributed by atoms with E-state index >= 15 is 0 Å². The largest absolute Gasteiger partial charge is 0.422 e. The number of aryl methyl sites for hydroxylation is 1. The van der Waals surface area contributed by atoms with Gasteiger partial charge in [-0.2, -0.15) is 0 Å². The van der Waals surface area contributed by atoms with Crippen molar-refractivity contribution in [3.63, 3.8) is 0 Å². The molecule has 0 saturated heterocycles. The Balaban J connectivity index is 1.85. The van der Waals surface area contributed by atoms with E-state index in [0.29, 0.717) is 0 Å². The van der Waals surface area contributed by atoms with Gasteiger partial charge in [0.2, 0.25) is 5.91 Å². The standard InChI is InChI=1S/C33H34N6O6/c1-18-25-24(45-32(44)26(18)30(35)42)15-14-21(28(40)20-11-6-3-7-12-20)27(25)29(41)23(13-8-16-38-33(36)37)39-31(43)22(34)17-19-9-4-2-5-10-19/h2-7,9-12,14-15,22-23H,8,13,16-17,34H2,1H3,(H2,35,42)(H,39,43)(H4,36,37,38)/t22-,23-/m0/s1. The first-order valence-corrected chi connectivity index (χ1v) is 14.2. The van der Waals surface area contributed by atoms with Crippen LogP contribution in [0.3, 0.4) is 0 Å². The van der Waals surface area contributed by atoms with E-state index in [1.807, 2.05) is 30.3 Å². The molecule has 2 amide bonds. The SMILES string of the molecule is Cc1c(C(N)=O)c(=O)oc2ccc(C(=O)c3ccccc3)c(C(=O)[C@H](CCCN=C(N)N)NC(=O)[C@@H](N)Cc3ccccc3)c12. The molecule has 9 N–H and O–H groups in total. The molecule has 45 heavy (non-hydrogen) atoms. The topological polar surface area (TPSA) is 227 Å². The molecule has 0 bridgehead atoms. The first-order valence-electron chi connectivity index (χ1n) is 14.2. The van der Waals surface area contributed by atoms with Crippen LogP contribution in [0.2, 0.25) is 0 Å². The van der Waals surface area contributed by atoms with Crippen LogP contribution in [0.4, 0.5) is 0 Å². The average molecular weight is 611 g/mol. The van der Waals surface area contributed by atoms with Gasteiger partial charge < -0.3 is 32.7 Å². The number of primary amides is 1. The normalized spacial score (nSPS) is 12.2. The monoisotopic (exact) mass is 610 g/mol. The van der Waals surface area contributed by atoms with Gasteiger partial charge in [0.15, 0.2) is 17.5 Å². The molecule has 1 aromatic heterocycles. The lowest BCUT2D eigenvalue weighted by Crippen LogP contribution is -2.49. The van der Waals surface area contributed by atoms with E-state index in [1.165, 1.54) is 19.1 Å². The maximum Gasteiger partial charge on any atom is 0.349 e. The summed E-state index contributed by atoms with van der Waals surface area (Å²) in [6.45, 7) is 1.60. The van der Waals surface area contributed by atoms with Crippen LogP contribution in [0, 0.1) is 6.92 Å². The summed E-state index contributed by atoms with van der Waals surface area (Å²) in [5, 5.41) is 2.79. The first kappa shape index (κ1) is 32.3. The van der Waals surface area contributed by atoms with Gasteiger partial charge in [-0.05, 0) is 49.4 Å². The van der Waals surface area contributed by atoms with E-state index in [-0.39, 0.29) is 65.0 Å². The minimum atomic E-state index is -1.20. The third-order valence-electron chi connectivity index (χ3n) is 7.31. The van der Waals surface area contributed by atoms with Crippen molar-refractivity contribution >= 4 is 40.3 Å². The lowest BCUT2D eigenvalue weighted by Gasteiger charge is -2.22. The molecule has 4 aromatic rings. The van der Waals surface area contributed by atoms with Crippen molar-refractivity contribution in [3.05, 3.63) is 117 Å². The zero-order chi connectivity index (χ0) is 32.7. The summed E-state index contributed by atoms with van der Waals surface area (Å²) in [7, 11) is 0. The number of hydrogen-bond acceptors (Lipinski definition) is 8. The van der Waals surface area contributed by atoms with Crippen molar-refractivity contribution in [2.24, 2.45) is 27.9 Å². The predicted octanol–water partition coefficient (Wildman–Crippen LogP) is 1.72. The van der Waals surface area contributed by atoms with Crippen LogP contribution in [-0.4, -0.2) is 48.0 Å². The van der Waals surface area contributed by atoms with Crippen LogP contribution in [0.1, 0.15) is 60.6 Å². The van der Waals surface area contributed by atoms with E-state index in [9.17, 15) is 24.0 Å². The summed E-state index contributed by atoms with van der Waals surface area (Å²) in [4.78, 5) is 70.5. The Hall–Kier alpha value is -5.62. The van der Waals surface area contributed by atoms with Gasteiger partial charge >= 0.3 is 5.63 Å². The number of guanidine groups is 1. The van der Waals surface area contributed by atoms with Crippen LogP contribution >= 0.6 is 0 Å². The number of aliphatic imine (C=N–C) groups is 1. The Morgan fingerprint density at radius 3 is 2.16 bits per heavy atom. The molecular formula is C33H34N6O6. The molecule has 4 rings (SSSR count). The predicted molar refractivity (Wildman–Crippen MR) is 170 cm³/mol. The molecular weight excluding hydrogens is 576 g/mol. The summed E-state index contributed by atoms with van der Waals surface area (Å²) < 4.78 is 5.38. The van der Waals surface area contributed by atoms with E-state index in [4.69, 9.17) is 27.4 Å². The average Bonchev–Trinajstić information content (AvgIpc) is 3.01. The molecule has 2 atom stereocenters. The Bertz CT molecular complexity index is 1830. The van der Waals surface area contributed by atoms with Crippen molar-refractivity contribution in [1.82, 2.24) is 5.32 Å². The quantitative estimate of drug-likeness (QED) is 0.0487. The molecule has 232 valence electrons. The molecule has 0 saturated carbocycles. The van der Waals surface area contributed by atoms with Gasteiger partial charge in [-0.1, -0.05) is 60.7 Å². The molecule has 12 nitrogen and oxygen atoms in total. The van der Waals surface area contributed by atoms with Crippen LogP contribution < -0.4 is 33.9 Å². The first-order chi connectivity index (χ1) is 21.5. The fourth-order valence-electron chi connectivity index (χ4n) is 5.13. The van der Waals surface area contributed by atoms with Crippen molar-refractivity contribution in [3.8, 4) is 0 Å². The molecule has 0 aliphatic heterocycles. The van der Waals surface area contributed by atoms with Gasteiger partial charge in [0.1, 0.15) is 11.1 Å². The van der Waals surface area contributed by atoms with Crippen molar-refractivity contribution in [2.45, 2.75) is 38.3 Å². The van der Waals surface area contributed by atoms with Crippen LogP contribution in [-0.2, 0) is 11.2 Å². The zero-order valence-electron chi connectivity index (χ0n) is 24.6. The fraction of sp³-hybridized carbons (Fsp3) is 0.212. The van der Waals surface area contributed by atoms with Gasteiger partial charge in [0, 0.05) is 28.6 Å². The van der Waals surface area contributed by atoms with Crippen molar-refractivity contribution in [1.29, 1.82) is 0 Å². The van der Waals surface area contributed by atoms with Crippen LogP contribution in [0.15, 0.2) is 87.0 Å². The second-order valence-corrected chi connectivity index (χ2v) is 10.5. The number of nitrogens with zero attached hydrogens (tertiary/aromatic N) is 1. The minimum Gasteiger partial charge on any atom is -0.422 e. The van der Waals surface area contributed by atoms with Crippen LogP contribution in [0.25, 0.3) is 11.0 Å². The Labute approximate surface area is 258 Å². The highest BCUT2D eigenvalue weighted by molar-refractivity contribution is 6.22. The molecule has 3 aromatic carbocycles. The van der Waals surface area contributed by atoms with E-state index < -0.39 is 46.7 Å². The van der Waals surface area contributed by atoms with Crippen molar-refractivity contribution in [2.75, 3.05) is 6.54 Å². The Morgan fingerprint density at radius 2 is 1.53 bits per heavy atom. The maximum atomic E-state index is 14.5. The summed E-state index contributed by atoms with van der Waals surface area (Å²) in [5.41, 5.74) is 22.2. The summed E-state index contributed by atoms with van der Waals surface area (Å²) >= 11 is 0. The highest BCUT2D eigenvalue weighted by Crippen LogP contribution is 2.30. The lowest BCUT2D eigenvalue weighted by molar-refractivity contribution is -0.122. The molecule has 0 spiro atoms. The highest BCUT2D eigenvalue weighted by atomic mass is 16.4. The molecule has 12 heteroatoms. The molecule has 0 aliphatic rings. The number of nitrogens with two attached hydrogens (primary N) is 4. The number of carbonyl (C=O) groups is 4. The fourth-order valence-corrected chi connectivity index (χ4v) is 5.13. The Kier molecular flexibility index (Phi) is 10.2. The number of hydrogen-bond donors (Lipinski definition) is 5. The van der Waals surface area contributed by atoms with Gasteiger partial charge in [-0.3, -0.25) is 24.2 Å². The van der Waals surface area contributed by atoms with E-state index in [0.717, 1.165) is 5.56 Å². The summed E-state index contributed by atoms with van der Waals surface area (Å²) in [5.74, 6) is -2.97. The second kappa shape index (κ2) is 14.2. The lowest BCUT2D eigenvalue weighted by atomic mass is 9.87. The highest BCUT2D eigenvalue weighted by Gasteiger charge is 2.32. The minimum absolute atomic E-state index is 0.0249. The number of carbonyl (C=O) groups excluding carboxylic acids is 4. The Morgan fingerprint density at radius 1 is 0.889 bits per heavy atom. The van der Waals surface area contributed by atoms with Gasteiger partial charge in [0.05, 0.1) is 12.1 Å². The van der Waals surface area contributed by atoms with Crippen LogP contribution in [0.5, 0.6) is 0 Å². The van der Waals surface area contributed by atoms with E-state index in [2.05, 4.69) is 10.3 Å². The number of nitrogens with one attached hydrogen (secondary N) is 1. The number of ketones is 2. The maximum absolute atomic E-state index is 14.5. The molecule has 1 heterocycles. The number of fused-ring (bicyclic) bond motifs is 1. The smallest absolute Gasteiger partial charge is 0.349 e. The van der Waals surface area contributed by atoms with Gasteiger partial charge in [-0.25, -0.2) is 4.79 Å². The number of benzene rings is 3. The number of rotatable bonds is 13.